The number of carboxylic acid groups (broad SMARTS) is 1. The summed E-state index contributed by atoms with van der Waals surface area (Å²) in [5.74, 6) is -1.32. The minimum absolute atomic E-state index is 0.279. The number of carbonyl (C=O) groups is 1. The Morgan fingerprint density at radius 1 is 1.20 bits per heavy atom. The van der Waals surface area contributed by atoms with Gasteiger partial charge in [-0.3, -0.25) is 8.74 Å². The van der Waals surface area contributed by atoms with Crippen molar-refractivity contribution in [2.24, 2.45) is 0 Å². The van der Waals surface area contributed by atoms with Gasteiger partial charge in [0, 0.05) is 12.4 Å². The summed E-state index contributed by atoms with van der Waals surface area (Å²) in [5.41, 5.74) is 0. The van der Waals surface area contributed by atoms with Crippen molar-refractivity contribution in [2.75, 3.05) is 40.2 Å². The van der Waals surface area contributed by atoms with Gasteiger partial charge in [0.25, 0.3) is 20.2 Å². The standard InChI is InChI=1S/C8H17NO5S.CH4O3S/c1-9(2,3)6-7(5-8(10)11)14-15(4,12)13;1-5(2,3)4/h7H,5-6H2,1-4H3;1H3,(H,2,3,4)/t7-;/m1./s1. The van der Waals surface area contributed by atoms with Gasteiger partial charge in [-0.05, 0) is 0 Å². The molecule has 0 aromatic heterocycles. The predicted octanol–water partition coefficient (Wildman–Crippen LogP) is -2.32. The molecule has 0 saturated carbocycles. The van der Waals surface area contributed by atoms with Crippen LogP contribution in [0.3, 0.4) is 0 Å². The molecule has 1 atom stereocenters. The van der Waals surface area contributed by atoms with Crippen LogP contribution >= 0.6 is 0 Å². The summed E-state index contributed by atoms with van der Waals surface area (Å²) in [4.78, 5) is 10.4. The van der Waals surface area contributed by atoms with Crippen molar-refractivity contribution in [3.8, 4) is 0 Å². The topological polar surface area (TPSA) is 138 Å². The summed E-state index contributed by atoms with van der Waals surface area (Å²) < 4.78 is 52.7. The molecule has 9 nitrogen and oxygen atoms in total. The molecule has 0 bridgehead atoms. The lowest BCUT2D eigenvalue weighted by Gasteiger charge is -2.28. The van der Waals surface area contributed by atoms with Crippen molar-refractivity contribution in [1.29, 1.82) is 0 Å². The van der Waals surface area contributed by atoms with Crippen LogP contribution in [-0.2, 0) is 29.2 Å². The van der Waals surface area contributed by atoms with Gasteiger partial charge in [0.15, 0.2) is 0 Å². The third-order valence-corrected chi connectivity index (χ3v) is 2.08. The molecular formula is C9H21NO8S2. The molecule has 0 aliphatic rings. The number of quaternary nitrogens is 1. The summed E-state index contributed by atoms with van der Waals surface area (Å²) in [6.07, 6.45) is 0.297. The van der Waals surface area contributed by atoms with Crippen molar-refractivity contribution in [2.45, 2.75) is 12.5 Å². The fraction of sp³-hybridized carbons (Fsp3) is 0.889. The summed E-state index contributed by atoms with van der Waals surface area (Å²) in [7, 11) is -1.87. The number of aliphatic carboxylic acids is 1. The van der Waals surface area contributed by atoms with E-state index in [2.05, 4.69) is 4.18 Å². The van der Waals surface area contributed by atoms with Crippen LogP contribution in [0.15, 0.2) is 0 Å². The molecule has 0 amide bonds. The highest BCUT2D eigenvalue weighted by Gasteiger charge is 2.22. The quantitative estimate of drug-likeness (QED) is 0.324. The molecule has 0 aliphatic carbocycles. The smallest absolute Gasteiger partial charge is 0.264 e. The lowest BCUT2D eigenvalue weighted by Crippen LogP contribution is -2.45. The second kappa shape index (κ2) is 7.88. The number of carbonyl (C=O) groups excluding carboxylic acids is 1. The summed E-state index contributed by atoms with van der Waals surface area (Å²) in [6.45, 7) is 0.279. The lowest BCUT2D eigenvalue weighted by atomic mass is 10.2. The van der Waals surface area contributed by atoms with E-state index in [1.807, 2.05) is 21.1 Å². The molecule has 0 saturated heterocycles. The number of hydrogen-bond acceptors (Lipinski definition) is 7. The monoisotopic (exact) mass is 335 g/mol. The van der Waals surface area contributed by atoms with Gasteiger partial charge in [-0.2, -0.15) is 16.8 Å². The highest BCUT2D eigenvalue weighted by atomic mass is 32.2. The number of rotatable bonds is 6. The second-order valence-electron chi connectivity index (χ2n) is 5.20. The van der Waals surface area contributed by atoms with E-state index in [9.17, 15) is 26.7 Å². The van der Waals surface area contributed by atoms with Gasteiger partial charge in [0.05, 0.1) is 33.7 Å². The zero-order valence-electron chi connectivity index (χ0n) is 12.1. The van der Waals surface area contributed by atoms with Crippen LogP contribution in [0.5, 0.6) is 0 Å². The van der Waals surface area contributed by atoms with Crippen molar-refractivity contribution >= 4 is 26.2 Å². The molecule has 0 aliphatic heterocycles. The zero-order chi connectivity index (χ0) is 16.8. The van der Waals surface area contributed by atoms with E-state index >= 15 is 0 Å². The summed E-state index contributed by atoms with van der Waals surface area (Å²) in [5, 5.41) is 10.4. The first-order valence-corrected chi connectivity index (χ1v) is 8.97. The molecule has 1 N–H and O–H groups in total. The molecule has 0 fully saturated rings. The molecule has 0 radical (unpaired) electrons. The van der Waals surface area contributed by atoms with Crippen LogP contribution in [0, 0.1) is 0 Å². The molecule has 20 heavy (non-hydrogen) atoms. The Kier molecular flexibility index (Phi) is 8.49. The van der Waals surface area contributed by atoms with Crippen LogP contribution in [0.1, 0.15) is 6.42 Å². The van der Waals surface area contributed by atoms with Gasteiger partial charge in [-0.1, -0.05) is 0 Å². The maximum Gasteiger partial charge on any atom is 0.264 e. The fourth-order valence-corrected chi connectivity index (χ4v) is 1.80. The average molecular weight is 335 g/mol. The third kappa shape index (κ3) is 25.9. The Morgan fingerprint density at radius 3 is 1.75 bits per heavy atom. The molecular weight excluding hydrogens is 314 g/mol. The molecule has 0 heterocycles. The molecule has 0 aromatic carbocycles. The first-order valence-electron chi connectivity index (χ1n) is 5.30. The zero-order valence-corrected chi connectivity index (χ0v) is 13.7. The van der Waals surface area contributed by atoms with Gasteiger partial charge in [0.1, 0.15) is 12.6 Å². The molecule has 0 spiro atoms. The molecule has 122 valence electrons. The van der Waals surface area contributed by atoms with Crippen molar-refractivity contribution < 1.29 is 40.0 Å². The van der Waals surface area contributed by atoms with E-state index in [0.717, 1.165) is 6.26 Å². The van der Waals surface area contributed by atoms with E-state index in [-0.39, 0.29) is 6.54 Å². The maximum absolute atomic E-state index is 10.9. The van der Waals surface area contributed by atoms with E-state index in [1.54, 1.807) is 0 Å². The van der Waals surface area contributed by atoms with Crippen LogP contribution in [0.25, 0.3) is 0 Å². The van der Waals surface area contributed by atoms with Gasteiger partial charge < -0.3 is 14.4 Å². The predicted molar refractivity (Wildman–Crippen MR) is 69.7 cm³/mol. The summed E-state index contributed by atoms with van der Waals surface area (Å²) >= 11 is 0. The van der Waals surface area contributed by atoms with Crippen molar-refractivity contribution in [3.05, 3.63) is 0 Å². The van der Waals surface area contributed by atoms with Crippen LogP contribution in [0.4, 0.5) is 0 Å². The normalized spacial score (nSPS) is 14.1. The summed E-state index contributed by atoms with van der Waals surface area (Å²) in [6, 6.07) is 0. The van der Waals surface area contributed by atoms with Crippen LogP contribution in [0.2, 0.25) is 0 Å². The Bertz CT molecular complexity index is 495. The average Bonchev–Trinajstić information content (AvgIpc) is 1.89. The highest BCUT2D eigenvalue weighted by Crippen LogP contribution is 2.07. The van der Waals surface area contributed by atoms with E-state index in [0.29, 0.717) is 10.7 Å². The van der Waals surface area contributed by atoms with E-state index in [1.165, 1.54) is 0 Å². The van der Waals surface area contributed by atoms with Crippen molar-refractivity contribution in [1.82, 2.24) is 0 Å². The van der Waals surface area contributed by atoms with Crippen molar-refractivity contribution in [3.63, 3.8) is 0 Å². The Hall–Kier alpha value is -0.750. The third-order valence-electron chi connectivity index (χ3n) is 1.46. The highest BCUT2D eigenvalue weighted by molar-refractivity contribution is 7.86. The Morgan fingerprint density at radius 2 is 1.55 bits per heavy atom. The fourth-order valence-electron chi connectivity index (χ4n) is 1.17. The molecule has 0 rings (SSSR count). The van der Waals surface area contributed by atoms with Crippen LogP contribution < -0.4 is 5.11 Å². The minimum Gasteiger partial charge on any atom is -0.550 e. The lowest BCUT2D eigenvalue weighted by molar-refractivity contribution is -0.873. The SMILES string of the molecule is CS(=O)(=O)O.C[N+](C)(C)C[C@@H](CC(=O)[O-])OS(C)(=O)=O. The first-order chi connectivity index (χ1) is 8.49. The van der Waals surface area contributed by atoms with E-state index < -0.39 is 38.7 Å². The molecule has 0 aromatic rings. The van der Waals surface area contributed by atoms with Gasteiger partial charge in [-0.25, -0.2) is 0 Å². The van der Waals surface area contributed by atoms with Gasteiger partial charge >= 0.3 is 0 Å². The Labute approximate surface area is 119 Å². The van der Waals surface area contributed by atoms with Crippen LogP contribution in [-0.4, -0.2) is 78.1 Å². The second-order valence-corrected chi connectivity index (χ2v) is 8.27. The maximum atomic E-state index is 10.9. The first kappa shape index (κ1) is 21.5. The number of carboxylic acids is 1. The molecule has 0 unspecified atom stereocenters. The largest absolute Gasteiger partial charge is 0.550 e. The minimum atomic E-state index is -3.67. The van der Waals surface area contributed by atoms with E-state index in [4.69, 9.17) is 4.55 Å². The number of nitrogens with zero attached hydrogens (tertiary/aromatic N) is 1. The van der Waals surface area contributed by atoms with Gasteiger partial charge in [0.2, 0.25) is 0 Å². The number of hydrogen-bond donors (Lipinski definition) is 1. The molecule has 11 heteroatoms. The van der Waals surface area contributed by atoms with Gasteiger partial charge in [-0.15, -0.1) is 0 Å². The Balaban J connectivity index is 0. The number of likely N-dealkylation sites (N-methyl/N-ethyl adjacent to an activating group) is 1.